The van der Waals surface area contributed by atoms with Crippen molar-refractivity contribution >= 4 is 5.69 Å². The highest BCUT2D eigenvalue weighted by atomic mass is 19.4. The molecule has 0 aliphatic carbocycles. The minimum atomic E-state index is -4.46. The van der Waals surface area contributed by atoms with E-state index < -0.39 is 11.9 Å². The molecule has 0 bridgehead atoms. The van der Waals surface area contributed by atoms with Crippen LogP contribution in [0.25, 0.3) is 0 Å². The summed E-state index contributed by atoms with van der Waals surface area (Å²) >= 11 is 0. The van der Waals surface area contributed by atoms with Gasteiger partial charge in [-0.3, -0.25) is 0 Å². The minimum Gasteiger partial charge on any atom is -0.378 e. The molecule has 6 heteroatoms. The Morgan fingerprint density at radius 3 is 2.55 bits per heavy atom. The summed E-state index contributed by atoms with van der Waals surface area (Å²) in [6, 6.07) is 12.5. The zero-order valence-corrected chi connectivity index (χ0v) is 10.3. The molecule has 102 valence electrons. The van der Waals surface area contributed by atoms with Gasteiger partial charge in [0.2, 0.25) is 0 Å². The van der Waals surface area contributed by atoms with Gasteiger partial charge in [0.1, 0.15) is 11.8 Å². The number of anilines is 1. The van der Waals surface area contributed by atoms with Gasteiger partial charge in [-0.15, -0.1) is 0 Å². The maximum Gasteiger partial charge on any atom is 0.433 e. The summed E-state index contributed by atoms with van der Waals surface area (Å²) in [6.07, 6.45) is -4.46. The molecule has 0 saturated carbocycles. The molecular formula is C14H10F3N3. The molecule has 1 aromatic carbocycles. The lowest BCUT2D eigenvalue weighted by atomic mass is 10.2. The van der Waals surface area contributed by atoms with Crippen LogP contribution in [0.2, 0.25) is 0 Å². The van der Waals surface area contributed by atoms with Crippen molar-refractivity contribution in [1.29, 1.82) is 5.26 Å². The summed E-state index contributed by atoms with van der Waals surface area (Å²) in [7, 11) is 0. The van der Waals surface area contributed by atoms with Crippen molar-refractivity contribution in [3.63, 3.8) is 0 Å². The van der Waals surface area contributed by atoms with Crippen LogP contribution in [0.5, 0.6) is 0 Å². The monoisotopic (exact) mass is 277 g/mol. The van der Waals surface area contributed by atoms with E-state index in [1.807, 2.05) is 6.07 Å². The van der Waals surface area contributed by atoms with Gasteiger partial charge < -0.3 is 5.32 Å². The Bertz CT molecular complexity index is 645. The van der Waals surface area contributed by atoms with Crippen LogP contribution in [0.4, 0.5) is 18.9 Å². The molecule has 0 saturated heterocycles. The van der Waals surface area contributed by atoms with Gasteiger partial charge in [0.25, 0.3) is 0 Å². The van der Waals surface area contributed by atoms with Crippen molar-refractivity contribution in [1.82, 2.24) is 4.98 Å². The van der Waals surface area contributed by atoms with E-state index >= 15 is 0 Å². The van der Waals surface area contributed by atoms with Gasteiger partial charge in [0.15, 0.2) is 0 Å². The van der Waals surface area contributed by atoms with Crippen LogP contribution in [-0.4, -0.2) is 4.98 Å². The third kappa shape index (κ3) is 3.26. The van der Waals surface area contributed by atoms with Gasteiger partial charge in [-0.2, -0.15) is 18.4 Å². The number of pyridine rings is 1. The highest BCUT2D eigenvalue weighted by Crippen LogP contribution is 2.27. The Labute approximate surface area is 113 Å². The van der Waals surface area contributed by atoms with Crippen molar-refractivity contribution in [2.24, 2.45) is 0 Å². The van der Waals surface area contributed by atoms with E-state index in [0.717, 1.165) is 6.07 Å². The van der Waals surface area contributed by atoms with Gasteiger partial charge in [-0.1, -0.05) is 18.2 Å². The van der Waals surface area contributed by atoms with Crippen molar-refractivity contribution in [2.75, 3.05) is 5.32 Å². The molecule has 0 fully saturated rings. The Balaban J connectivity index is 2.14. The maximum atomic E-state index is 12.5. The summed E-state index contributed by atoms with van der Waals surface area (Å²) in [4.78, 5) is 3.54. The SMILES string of the molecule is N#Cc1ccccc1NCc1cccc(C(F)(F)F)n1. The fraction of sp³-hybridized carbons (Fsp3) is 0.143. The van der Waals surface area contributed by atoms with Crippen LogP contribution in [0.15, 0.2) is 42.5 Å². The number of benzene rings is 1. The van der Waals surface area contributed by atoms with E-state index in [0.29, 0.717) is 11.3 Å². The third-order valence-electron chi connectivity index (χ3n) is 2.60. The summed E-state index contributed by atoms with van der Waals surface area (Å²) < 4.78 is 37.6. The second-order valence-electron chi connectivity index (χ2n) is 4.02. The highest BCUT2D eigenvalue weighted by Gasteiger charge is 2.32. The average molecular weight is 277 g/mol. The molecule has 1 N–H and O–H groups in total. The molecule has 0 unspecified atom stereocenters. The lowest BCUT2D eigenvalue weighted by Crippen LogP contribution is -2.11. The molecule has 1 heterocycles. The fourth-order valence-electron chi connectivity index (χ4n) is 1.66. The van der Waals surface area contributed by atoms with E-state index in [1.54, 1.807) is 24.3 Å². The second-order valence-corrected chi connectivity index (χ2v) is 4.02. The molecule has 0 aliphatic rings. The summed E-state index contributed by atoms with van der Waals surface area (Å²) in [5.74, 6) is 0. The number of para-hydroxylation sites is 1. The van der Waals surface area contributed by atoms with Crippen LogP contribution >= 0.6 is 0 Å². The topological polar surface area (TPSA) is 48.7 Å². The Morgan fingerprint density at radius 1 is 1.10 bits per heavy atom. The Morgan fingerprint density at radius 2 is 1.85 bits per heavy atom. The minimum absolute atomic E-state index is 0.114. The average Bonchev–Trinajstić information content (AvgIpc) is 2.45. The quantitative estimate of drug-likeness (QED) is 0.932. The number of hydrogen-bond donors (Lipinski definition) is 1. The zero-order valence-electron chi connectivity index (χ0n) is 10.3. The first-order chi connectivity index (χ1) is 9.50. The van der Waals surface area contributed by atoms with Gasteiger partial charge in [0, 0.05) is 0 Å². The number of nitriles is 1. The number of hydrogen-bond acceptors (Lipinski definition) is 3. The first-order valence-electron chi connectivity index (χ1n) is 5.77. The van der Waals surface area contributed by atoms with Crippen LogP contribution in [0.3, 0.4) is 0 Å². The molecule has 2 rings (SSSR count). The van der Waals surface area contributed by atoms with Gasteiger partial charge in [-0.25, -0.2) is 4.98 Å². The van der Waals surface area contributed by atoms with Crippen LogP contribution in [0.1, 0.15) is 17.0 Å². The normalized spacial score (nSPS) is 10.9. The number of nitrogens with one attached hydrogen (secondary N) is 1. The molecule has 0 spiro atoms. The maximum absolute atomic E-state index is 12.5. The molecule has 2 aromatic rings. The fourth-order valence-corrected chi connectivity index (χ4v) is 1.66. The lowest BCUT2D eigenvalue weighted by Gasteiger charge is -2.10. The van der Waals surface area contributed by atoms with Gasteiger partial charge >= 0.3 is 6.18 Å². The van der Waals surface area contributed by atoms with Crippen LogP contribution < -0.4 is 5.32 Å². The number of halogens is 3. The first-order valence-corrected chi connectivity index (χ1v) is 5.77. The van der Waals surface area contributed by atoms with Gasteiger partial charge in [0.05, 0.1) is 23.5 Å². The van der Waals surface area contributed by atoms with Crippen molar-refractivity contribution < 1.29 is 13.2 Å². The summed E-state index contributed by atoms with van der Waals surface area (Å²) in [5.41, 5.74) is 0.326. The highest BCUT2D eigenvalue weighted by molar-refractivity contribution is 5.57. The Hall–Kier alpha value is -2.55. The molecule has 1 aromatic heterocycles. The van der Waals surface area contributed by atoms with Gasteiger partial charge in [-0.05, 0) is 24.3 Å². The smallest absolute Gasteiger partial charge is 0.378 e. The van der Waals surface area contributed by atoms with E-state index in [2.05, 4.69) is 10.3 Å². The Kier molecular flexibility index (Phi) is 3.89. The van der Waals surface area contributed by atoms with Crippen LogP contribution in [0, 0.1) is 11.3 Å². The zero-order chi connectivity index (χ0) is 14.6. The van der Waals surface area contributed by atoms with Crippen molar-refractivity contribution in [2.45, 2.75) is 12.7 Å². The van der Waals surface area contributed by atoms with E-state index in [-0.39, 0.29) is 12.2 Å². The second kappa shape index (κ2) is 5.61. The third-order valence-corrected chi connectivity index (χ3v) is 2.60. The summed E-state index contributed by atoms with van der Waals surface area (Å²) in [5, 5.41) is 11.8. The molecular weight excluding hydrogens is 267 g/mol. The first kappa shape index (κ1) is 13.9. The molecule has 3 nitrogen and oxygen atoms in total. The molecule has 0 aliphatic heterocycles. The predicted octanol–water partition coefficient (Wildman–Crippen LogP) is 3.58. The molecule has 0 radical (unpaired) electrons. The lowest BCUT2D eigenvalue weighted by molar-refractivity contribution is -0.141. The molecule has 0 atom stereocenters. The van der Waals surface area contributed by atoms with Crippen molar-refractivity contribution in [3.8, 4) is 6.07 Å². The van der Waals surface area contributed by atoms with E-state index in [4.69, 9.17) is 5.26 Å². The molecule has 20 heavy (non-hydrogen) atoms. The van der Waals surface area contributed by atoms with E-state index in [1.165, 1.54) is 12.1 Å². The number of aromatic nitrogens is 1. The number of alkyl halides is 3. The van der Waals surface area contributed by atoms with Crippen LogP contribution in [-0.2, 0) is 12.7 Å². The van der Waals surface area contributed by atoms with Crippen molar-refractivity contribution in [3.05, 3.63) is 59.4 Å². The number of rotatable bonds is 3. The standard InChI is InChI=1S/C14H10F3N3/c15-14(16,17)13-7-3-5-11(20-13)9-19-12-6-2-1-4-10(12)8-18/h1-7,19H,9H2. The molecule has 0 amide bonds. The number of nitrogens with zero attached hydrogens (tertiary/aromatic N) is 2. The predicted molar refractivity (Wildman–Crippen MR) is 67.7 cm³/mol. The van der Waals surface area contributed by atoms with E-state index in [9.17, 15) is 13.2 Å². The largest absolute Gasteiger partial charge is 0.433 e. The summed E-state index contributed by atoms with van der Waals surface area (Å²) in [6.45, 7) is 0.114.